The first-order chi connectivity index (χ1) is 16.3. The molecule has 1 N–H and O–H groups in total. The molecule has 0 saturated carbocycles. The van der Waals surface area contributed by atoms with E-state index in [0.29, 0.717) is 22.9 Å². The summed E-state index contributed by atoms with van der Waals surface area (Å²) in [5, 5.41) is 13.6. The molecular weight excluding hydrogens is 450 g/mol. The van der Waals surface area contributed by atoms with Crippen LogP contribution < -0.4 is 24.4 Å². The van der Waals surface area contributed by atoms with Crippen LogP contribution in [-0.2, 0) is 19.1 Å². The minimum atomic E-state index is -0.810. The Kier molecular flexibility index (Phi) is 7.51. The lowest BCUT2D eigenvalue weighted by Gasteiger charge is -2.19. The molecule has 180 valence electrons. The third kappa shape index (κ3) is 5.34. The van der Waals surface area contributed by atoms with Gasteiger partial charge in [-0.3, -0.25) is 24.5 Å². The molecule has 0 aromatic heterocycles. The fraction of sp³-hybridized carbons (Fsp3) is 0.318. The molecule has 12 heteroatoms. The highest BCUT2D eigenvalue weighted by Crippen LogP contribution is 2.36. The topological polar surface area (TPSA) is 147 Å². The first kappa shape index (κ1) is 24.3. The molecule has 1 saturated heterocycles. The molecule has 2 aromatic rings. The van der Waals surface area contributed by atoms with E-state index < -0.39 is 29.3 Å². The number of nitrogens with zero attached hydrogens (tertiary/aromatic N) is 2. The Morgan fingerprint density at radius 1 is 1.09 bits per heavy atom. The van der Waals surface area contributed by atoms with E-state index >= 15 is 0 Å². The lowest BCUT2D eigenvalue weighted by molar-refractivity contribution is -0.384. The van der Waals surface area contributed by atoms with Crippen LogP contribution in [0.2, 0.25) is 0 Å². The summed E-state index contributed by atoms with van der Waals surface area (Å²) in [5.41, 5.74) is 0.484. The number of rotatable bonds is 9. The van der Waals surface area contributed by atoms with Gasteiger partial charge in [0.15, 0.2) is 6.61 Å². The van der Waals surface area contributed by atoms with Crippen LogP contribution >= 0.6 is 0 Å². The van der Waals surface area contributed by atoms with Gasteiger partial charge in [0.1, 0.15) is 17.2 Å². The van der Waals surface area contributed by atoms with Gasteiger partial charge in [0.2, 0.25) is 5.91 Å². The zero-order valence-corrected chi connectivity index (χ0v) is 18.7. The SMILES string of the molecule is COc1ccc(NC(=O)COC(=O)[C@@H]2CC(=O)N(c3ccc([N+](=O)[O-])cc3OC)C2)c(OC)c1. The second kappa shape index (κ2) is 10.5. The number of nitro groups is 1. The van der Waals surface area contributed by atoms with Crippen LogP contribution in [-0.4, -0.2) is 57.2 Å². The Labute approximate surface area is 194 Å². The lowest BCUT2D eigenvalue weighted by Crippen LogP contribution is -2.28. The van der Waals surface area contributed by atoms with Crippen molar-refractivity contribution in [3.8, 4) is 17.2 Å². The summed E-state index contributed by atoms with van der Waals surface area (Å²) in [6.07, 6.45) is -0.132. The number of hydrogen-bond donors (Lipinski definition) is 1. The summed E-state index contributed by atoms with van der Waals surface area (Å²) in [5.74, 6) is -1.44. The highest BCUT2D eigenvalue weighted by Gasteiger charge is 2.37. The van der Waals surface area contributed by atoms with E-state index in [2.05, 4.69) is 5.32 Å². The third-order valence-corrected chi connectivity index (χ3v) is 5.15. The lowest BCUT2D eigenvalue weighted by atomic mass is 10.1. The van der Waals surface area contributed by atoms with Gasteiger partial charge in [-0.25, -0.2) is 0 Å². The fourth-order valence-electron chi connectivity index (χ4n) is 3.44. The molecule has 0 aliphatic carbocycles. The summed E-state index contributed by atoms with van der Waals surface area (Å²) >= 11 is 0. The van der Waals surface area contributed by atoms with Gasteiger partial charge in [-0.1, -0.05) is 0 Å². The van der Waals surface area contributed by atoms with E-state index in [1.54, 1.807) is 18.2 Å². The molecule has 0 radical (unpaired) electrons. The Morgan fingerprint density at radius 3 is 2.47 bits per heavy atom. The van der Waals surface area contributed by atoms with Crippen molar-refractivity contribution in [1.29, 1.82) is 0 Å². The molecule has 1 fully saturated rings. The van der Waals surface area contributed by atoms with E-state index in [1.165, 1.54) is 44.4 Å². The van der Waals surface area contributed by atoms with Crippen molar-refractivity contribution in [3.05, 3.63) is 46.5 Å². The Hall–Kier alpha value is -4.35. The molecule has 1 aliphatic heterocycles. The van der Waals surface area contributed by atoms with Gasteiger partial charge in [0.25, 0.3) is 11.6 Å². The summed E-state index contributed by atoms with van der Waals surface area (Å²) in [4.78, 5) is 48.9. The van der Waals surface area contributed by atoms with Gasteiger partial charge in [-0.15, -0.1) is 0 Å². The van der Waals surface area contributed by atoms with E-state index in [1.807, 2.05) is 0 Å². The molecule has 0 bridgehead atoms. The average molecular weight is 473 g/mol. The smallest absolute Gasteiger partial charge is 0.311 e. The minimum Gasteiger partial charge on any atom is -0.497 e. The number of esters is 1. The normalized spacial score (nSPS) is 15.0. The molecule has 12 nitrogen and oxygen atoms in total. The van der Waals surface area contributed by atoms with Gasteiger partial charge in [0.05, 0.1) is 49.6 Å². The maximum absolute atomic E-state index is 12.5. The summed E-state index contributed by atoms with van der Waals surface area (Å²) < 4.78 is 20.6. The van der Waals surface area contributed by atoms with E-state index in [-0.39, 0.29) is 30.3 Å². The number of non-ortho nitro benzene ring substituents is 1. The monoisotopic (exact) mass is 473 g/mol. The highest BCUT2D eigenvalue weighted by atomic mass is 16.6. The number of benzene rings is 2. The quantitative estimate of drug-likeness (QED) is 0.329. The van der Waals surface area contributed by atoms with Crippen molar-refractivity contribution in [2.75, 3.05) is 44.7 Å². The highest BCUT2D eigenvalue weighted by molar-refractivity contribution is 6.01. The summed E-state index contributed by atoms with van der Waals surface area (Å²) in [6, 6.07) is 8.64. The molecule has 2 aromatic carbocycles. The molecule has 1 heterocycles. The number of anilines is 2. The number of methoxy groups -OCH3 is 3. The van der Waals surface area contributed by atoms with Crippen LogP contribution in [0, 0.1) is 16.0 Å². The van der Waals surface area contributed by atoms with E-state index in [9.17, 15) is 24.5 Å². The number of nitrogens with one attached hydrogen (secondary N) is 1. The van der Waals surface area contributed by atoms with Crippen molar-refractivity contribution in [2.24, 2.45) is 5.92 Å². The number of nitro benzene ring substituents is 1. The third-order valence-electron chi connectivity index (χ3n) is 5.15. The largest absolute Gasteiger partial charge is 0.497 e. The molecule has 1 aliphatic rings. The summed E-state index contributed by atoms with van der Waals surface area (Å²) in [6.45, 7) is -0.570. The molecular formula is C22H23N3O9. The number of hydrogen-bond acceptors (Lipinski definition) is 9. The van der Waals surface area contributed by atoms with Gasteiger partial charge in [-0.2, -0.15) is 0 Å². The molecule has 1 atom stereocenters. The second-order valence-electron chi connectivity index (χ2n) is 7.24. The minimum absolute atomic E-state index is 0.0141. The molecule has 2 amide bonds. The molecule has 0 unspecified atom stereocenters. The molecule has 34 heavy (non-hydrogen) atoms. The predicted molar refractivity (Wildman–Crippen MR) is 119 cm³/mol. The standard InChI is InChI=1S/C22H23N3O9/c1-31-15-5-6-16(18(10-15)32-2)23-20(26)12-34-22(28)13-8-21(27)24(11-13)17-7-4-14(25(29)30)9-19(17)33-3/h4-7,9-10,13H,8,11-12H2,1-3H3,(H,23,26)/t13-/m1/s1. The van der Waals surface area contributed by atoms with Crippen LogP contribution in [0.3, 0.4) is 0 Å². The average Bonchev–Trinajstić information content (AvgIpc) is 3.23. The Bertz CT molecular complexity index is 1120. The van der Waals surface area contributed by atoms with Crippen molar-refractivity contribution in [1.82, 2.24) is 0 Å². The first-order valence-electron chi connectivity index (χ1n) is 10.1. The van der Waals surface area contributed by atoms with Crippen LogP contribution in [0.1, 0.15) is 6.42 Å². The predicted octanol–water partition coefficient (Wildman–Crippen LogP) is 2.16. The number of carbonyl (C=O) groups excluding carboxylic acids is 3. The first-order valence-corrected chi connectivity index (χ1v) is 10.1. The van der Waals surface area contributed by atoms with Crippen molar-refractivity contribution >= 4 is 34.8 Å². The van der Waals surface area contributed by atoms with Crippen molar-refractivity contribution in [2.45, 2.75) is 6.42 Å². The van der Waals surface area contributed by atoms with Crippen LogP contribution in [0.25, 0.3) is 0 Å². The maximum Gasteiger partial charge on any atom is 0.311 e. The Morgan fingerprint density at radius 2 is 1.82 bits per heavy atom. The second-order valence-corrected chi connectivity index (χ2v) is 7.24. The maximum atomic E-state index is 12.5. The van der Waals surface area contributed by atoms with E-state index in [0.717, 1.165) is 0 Å². The molecule has 3 rings (SSSR count). The number of amides is 2. The zero-order chi connectivity index (χ0) is 24.8. The Balaban J connectivity index is 1.60. The van der Waals surface area contributed by atoms with Crippen molar-refractivity contribution < 1.29 is 38.3 Å². The fourth-order valence-corrected chi connectivity index (χ4v) is 3.44. The van der Waals surface area contributed by atoms with Crippen LogP contribution in [0.15, 0.2) is 36.4 Å². The van der Waals surface area contributed by atoms with Crippen molar-refractivity contribution in [3.63, 3.8) is 0 Å². The van der Waals surface area contributed by atoms with Crippen LogP contribution in [0.4, 0.5) is 17.1 Å². The number of carbonyl (C=O) groups is 3. The summed E-state index contributed by atoms with van der Waals surface area (Å²) in [7, 11) is 4.26. The molecule has 0 spiro atoms. The zero-order valence-electron chi connectivity index (χ0n) is 18.7. The van der Waals surface area contributed by atoms with Gasteiger partial charge >= 0.3 is 5.97 Å². The van der Waals surface area contributed by atoms with Crippen LogP contribution in [0.5, 0.6) is 17.2 Å². The van der Waals surface area contributed by atoms with Gasteiger partial charge < -0.3 is 29.2 Å². The number of ether oxygens (including phenoxy) is 4. The van der Waals surface area contributed by atoms with Gasteiger partial charge in [0, 0.05) is 25.1 Å². The van der Waals surface area contributed by atoms with Gasteiger partial charge in [-0.05, 0) is 18.2 Å². The van der Waals surface area contributed by atoms with E-state index in [4.69, 9.17) is 18.9 Å².